The summed E-state index contributed by atoms with van der Waals surface area (Å²) >= 11 is 0. The Balaban J connectivity index is 2.02. The van der Waals surface area contributed by atoms with Gasteiger partial charge in [0.05, 0.1) is 0 Å². The van der Waals surface area contributed by atoms with Gasteiger partial charge in [0, 0.05) is 24.3 Å². The zero-order valence-corrected chi connectivity index (χ0v) is 12.9. The van der Waals surface area contributed by atoms with E-state index < -0.39 is 0 Å². The summed E-state index contributed by atoms with van der Waals surface area (Å²) in [6, 6.07) is 3.71. The lowest BCUT2D eigenvalue weighted by Crippen LogP contribution is -2.27. The van der Waals surface area contributed by atoms with Crippen LogP contribution in [0.15, 0.2) is 12.1 Å². The van der Waals surface area contributed by atoms with Crippen molar-refractivity contribution in [2.24, 2.45) is 11.3 Å². The zero-order valence-electron chi connectivity index (χ0n) is 12.9. The summed E-state index contributed by atoms with van der Waals surface area (Å²) in [7, 11) is 0. The third-order valence-corrected chi connectivity index (χ3v) is 4.09. The number of rotatable bonds is 6. The van der Waals surface area contributed by atoms with Gasteiger partial charge < -0.3 is 10.6 Å². The molecule has 1 aliphatic carbocycles. The Labute approximate surface area is 121 Å². The van der Waals surface area contributed by atoms with E-state index in [-0.39, 0.29) is 5.91 Å². The quantitative estimate of drug-likeness (QED) is 0.839. The summed E-state index contributed by atoms with van der Waals surface area (Å²) in [6.07, 6.45) is 2.03. The predicted molar refractivity (Wildman–Crippen MR) is 82.0 cm³/mol. The molecule has 2 N–H and O–H groups in total. The lowest BCUT2D eigenvalue weighted by molar-refractivity contribution is 0.0950. The van der Waals surface area contributed by atoms with Crippen molar-refractivity contribution in [1.29, 1.82) is 0 Å². The van der Waals surface area contributed by atoms with E-state index in [1.54, 1.807) is 0 Å². The van der Waals surface area contributed by atoms with Crippen LogP contribution >= 0.6 is 0 Å². The van der Waals surface area contributed by atoms with Crippen LogP contribution in [0.4, 0.5) is 5.82 Å². The Kier molecular flexibility index (Phi) is 4.31. The summed E-state index contributed by atoms with van der Waals surface area (Å²) in [5.41, 5.74) is 2.04. The minimum Gasteiger partial charge on any atom is -0.370 e. The first-order chi connectivity index (χ1) is 9.46. The first-order valence-corrected chi connectivity index (χ1v) is 7.49. The van der Waals surface area contributed by atoms with Crippen LogP contribution in [0, 0.1) is 11.3 Å². The number of hydrogen-bond donors (Lipinski definition) is 2. The summed E-state index contributed by atoms with van der Waals surface area (Å²) in [4.78, 5) is 16.7. The Morgan fingerprint density at radius 1 is 1.40 bits per heavy atom. The van der Waals surface area contributed by atoms with Crippen LogP contribution < -0.4 is 10.6 Å². The molecule has 1 aromatic rings. The molecular formula is C16H25N3O. The summed E-state index contributed by atoms with van der Waals surface area (Å²) in [5, 5.41) is 6.22. The maximum atomic E-state index is 12.2. The molecule has 1 aliphatic rings. The first kappa shape index (κ1) is 14.8. The normalized spacial score (nSPS) is 19.5. The fourth-order valence-electron chi connectivity index (χ4n) is 2.41. The summed E-state index contributed by atoms with van der Waals surface area (Å²) in [5.74, 6) is 1.40. The second-order valence-electron chi connectivity index (χ2n) is 6.22. The van der Waals surface area contributed by atoms with Gasteiger partial charge in [-0.05, 0) is 43.2 Å². The molecule has 0 aromatic carbocycles. The number of nitrogens with one attached hydrogen (secondary N) is 2. The van der Waals surface area contributed by atoms with E-state index in [1.807, 2.05) is 26.0 Å². The predicted octanol–water partition coefficient (Wildman–Crippen LogP) is 2.85. The number of anilines is 1. The maximum Gasteiger partial charge on any atom is 0.251 e. The number of nitrogens with zero attached hydrogens (tertiary/aromatic N) is 1. The highest BCUT2D eigenvalue weighted by atomic mass is 16.1. The van der Waals surface area contributed by atoms with Crippen molar-refractivity contribution in [3.05, 3.63) is 23.4 Å². The van der Waals surface area contributed by atoms with Crippen LogP contribution in [0.3, 0.4) is 0 Å². The van der Waals surface area contributed by atoms with Gasteiger partial charge in [-0.25, -0.2) is 4.98 Å². The summed E-state index contributed by atoms with van der Waals surface area (Å²) in [6.45, 7) is 10.1. The van der Waals surface area contributed by atoms with Crippen LogP contribution in [-0.4, -0.2) is 24.0 Å². The zero-order chi connectivity index (χ0) is 14.8. The lowest BCUT2D eigenvalue weighted by Gasteiger charge is -2.10. The van der Waals surface area contributed by atoms with Gasteiger partial charge in [0.15, 0.2) is 0 Å². The molecule has 1 fully saturated rings. The van der Waals surface area contributed by atoms with Gasteiger partial charge in [-0.1, -0.05) is 20.8 Å². The second-order valence-corrected chi connectivity index (χ2v) is 6.22. The van der Waals surface area contributed by atoms with Crippen molar-refractivity contribution in [2.75, 3.05) is 18.4 Å². The van der Waals surface area contributed by atoms with E-state index in [2.05, 4.69) is 29.5 Å². The minimum atomic E-state index is 0.00366. The minimum absolute atomic E-state index is 0.00366. The molecule has 1 saturated carbocycles. The fourth-order valence-corrected chi connectivity index (χ4v) is 2.41. The number of aryl methyl sites for hydroxylation is 1. The van der Waals surface area contributed by atoms with Crippen molar-refractivity contribution in [1.82, 2.24) is 10.3 Å². The average Bonchev–Trinajstić information content (AvgIpc) is 3.03. The van der Waals surface area contributed by atoms with Crippen LogP contribution in [0.1, 0.15) is 50.2 Å². The number of amides is 1. The molecule has 0 radical (unpaired) electrons. The van der Waals surface area contributed by atoms with E-state index >= 15 is 0 Å². The number of pyridine rings is 1. The lowest BCUT2D eigenvalue weighted by atomic mass is 10.1. The van der Waals surface area contributed by atoms with Gasteiger partial charge in [-0.2, -0.15) is 0 Å². The van der Waals surface area contributed by atoms with Gasteiger partial charge in [0.25, 0.3) is 5.91 Å². The monoisotopic (exact) mass is 275 g/mol. The Morgan fingerprint density at radius 2 is 2.10 bits per heavy atom. The van der Waals surface area contributed by atoms with E-state index in [0.29, 0.717) is 16.9 Å². The number of aromatic nitrogens is 1. The molecule has 4 nitrogen and oxygen atoms in total. The highest BCUT2D eigenvalue weighted by Crippen LogP contribution is 2.50. The molecule has 1 heterocycles. The maximum absolute atomic E-state index is 12.2. The van der Waals surface area contributed by atoms with Gasteiger partial charge in [0.1, 0.15) is 5.82 Å². The van der Waals surface area contributed by atoms with Crippen molar-refractivity contribution in [3.8, 4) is 0 Å². The molecule has 0 bridgehead atoms. The molecule has 20 heavy (non-hydrogen) atoms. The molecular weight excluding hydrogens is 250 g/mol. The van der Waals surface area contributed by atoms with Gasteiger partial charge in [-0.15, -0.1) is 0 Å². The largest absolute Gasteiger partial charge is 0.370 e. The third-order valence-electron chi connectivity index (χ3n) is 4.09. The van der Waals surface area contributed by atoms with Crippen molar-refractivity contribution in [3.63, 3.8) is 0 Å². The Morgan fingerprint density at radius 3 is 2.65 bits per heavy atom. The molecule has 1 unspecified atom stereocenters. The number of carbonyl (C=O) groups excluding carboxylic acids is 1. The van der Waals surface area contributed by atoms with Gasteiger partial charge >= 0.3 is 0 Å². The van der Waals surface area contributed by atoms with Crippen LogP contribution in [0.5, 0.6) is 0 Å². The fraction of sp³-hybridized carbons (Fsp3) is 0.625. The van der Waals surface area contributed by atoms with E-state index in [9.17, 15) is 4.79 Å². The molecule has 110 valence electrons. The molecule has 0 spiro atoms. The standard InChI is InChI=1S/C16H25N3O/c1-5-13-7-11(8-14(19-13)17-6-2)15(20)18-10-12-9-16(12,3)4/h7-8,12H,5-6,9-10H2,1-4H3,(H,17,19)(H,18,20). The van der Waals surface area contributed by atoms with E-state index in [0.717, 1.165) is 31.0 Å². The van der Waals surface area contributed by atoms with Crippen LogP contribution in [0.25, 0.3) is 0 Å². The topological polar surface area (TPSA) is 54.0 Å². The van der Waals surface area contributed by atoms with Crippen LogP contribution in [0.2, 0.25) is 0 Å². The second kappa shape index (κ2) is 5.81. The third kappa shape index (κ3) is 3.50. The molecule has 2 rings (SSSR count). The molecule has 4 heteroatoms. The van der Waals surface area contributed by atoms with Gasteiger partial charge in [0.2, 0.25) is 0 Å². The summed E-state index contributed by atoms with van der Waals surface area (Å²) < 4.78 is 0. The van der Waals surface area contributed by atoms with Crippen molar-refractivity contribution >= 4 is 11.7 Å². The average molecular weight is 275 g/mol. The molecule has 0 saturated heterocycles. The smallest absolute Gasteiger partial charge is 0.251 e. The number of carbonyl (C=O) groups is 1. The highest BCUT2D eigenvalue weighted by molar-refractivity contribution is 5.95. The van der Waals surface area contributed by atoms with Crippen molar-refractivity contribution in [2.45, 2.75) is 40.5 Å². The molecule has 1 amide bonds. The van der Waals surface area contributed by atoms with E-state index in [1.165, 1.54) is 6.42 Å². The molecule has 0 aliphatic heterocycles. The van der Waals surface area contributed by atoms with Crippen molar-refractivity contribution < 1.29 is 4.79 Å². The SMILES string of the molecule is CCNc1cc(C(=O)NCC2CC2(C)C)cc(CC)n1. The first-order valence-electron chi connectivity index (χ1n) is 7.49. The highest BCUT2D eigenvalue weighted by Gasteiger charge is 2.45. The Bertz CT molecular complexity index is 496. The van der Waals surface area contributed by atoms with E-state index in [4.69, 9.17) is 0 Å². The Hall–Kier alpha value is -1.58. The van der Waals surface area contributed by atoms with Gasteiger partial charge in [-0.3, -0.25) is 4.79 Å². The number of hydrogen-bond acceptors (Lipinski definition) is 3. The molecule has 1 atom stereocenters. The molecule has 1 aromatic heterocycles. The van der Waals surface area contributed by atoms with Crippen LogP contribution in [-0.2, 0) is 6.42 Å².